The van der Waals surface area contributed by atoms with Crippen LogP contribution in [0.5, 0.6) is 0 Å². The van der Waals surface area contributed by atoms with Gasteiger partial charge in [0.15, 0.2) is 0 Å². The summed E-state index contributed by atoms with van der Waals surface area (Å²) < 4.78 is 20.3. The van der Waals surface area contributed by atoms with E-state index in [9.17, 15) is 9.18 Å². The van der Waals surface area contributed by atoms with Gasteiger partial charge in [0, 0.05) is 47.9 Å². The fourth-order valence-electron chi connectivity index (χ4n) is 3.10. The monoisotopic (exact) mass is 336 g/mol. The SMILES string of the molecule is COCc1c(C(=O)N2CCNC(C)C2C)sc2cccc(F)c12. The molecule has 2 atom stereocenters. The van der Waals surface area contributed by atoms with Gasteiger partial charge in [-0.25, -0.2) is 4.39 Å². The molecule has 0 aliphatic carbocycles. The van der Waals surface area contributed by atoms with Crippen LogP contribution in [0.25, 0.3) is 10.1 Å². The molecule has 124 valence electrons. The van der Waals surface area contributed by atoms with Crippen molar-refractivity contribution in [3.63, 3.8) is 0 Å². The van der Waals surface area contributed by atoms with Crippen molar-refractivity contribution in [3.8, 4) is 0 Å². The number of benzene rings is 1. The molecule has 1 aliphatic heterocycles. The minimum atomic E-state index is -0.299. The van der Waals surface area contributed by atoms with E-state index >= 15 is 0 Å². The molecule has 0 saturated carbocycles. The van der Waals surface area contributed by atoms with E-state index in [0.717, 1.165) is 11.2 Å². The van der Waals surface area contributed by atoms with Crippen molar-refractivity contribution in [2.75, 3.05) is 20.2 Å². The van der Waals surface area contributed by atoms with Crippen LogP contribution in [-0.2, 0) is 11.3 Å². The molecule has 2 unspecified atom stereocenters. The summed E-state index contributed by atoms with van der Waals surface area (Å²) in [6.45, 7) is 5.78. The molecule has 3 rings (SSSR count). The van der Waals surface area contributed by atoms with Crippen molar-refractivity contribution in [3.05, 3.63) is 34.5 Å². The molecule has 23 heavy (non-hydrogen) atoms. The van der Waals surface area contributed by atoms with Gasteiger partial charge in [0.2, 0.25) is 0 Å². The number of amides is 1. The largest absolute Gasteiger partial charge is 0.380 e. The van der Waals surface area contributed by atoms with Crippen LogP contribution in [0.4, 0.5) is 4.39 Å². The molecule has 4 nitrogen and oxygen atoms in total. The summed E-state index contributed by atoms with van der Waals surface area (Å²) in [6, 6.07) is 5.29. The third-order valence-electron chi connectivity index (χ3n) is 4.54. The van der Waals surface area contributed by atoms with E-state index in [1.807, 2.05) is 17.9 Å². The lowest BCUT2D eigenvalue weighted by molar-refractivity contribution is 0.0604. The fourth-order valence-corrected chi connectivity index (χ4v) is 4.27. The molecule has 1 aromatic heterocycles. The second kappa shape index (κ2) is 6.55. The van der Waals surface area contributed by atoms with Crippen molar-refractivity contribution >= 4 is 27.3 Å². The first-order chi connectivity index (χ1) is 11.0. The Balaban J connectivity index is 2.06. The maximum Gasteiger partial charge on any atom is 0.264 e. The van der Waals surface area contributed by atoms with Gasteiger partial charge in [-0.05, 0) is 26.0 Å². The first kappa shape index (κ1) is 16.4. The number of carbonyl (C=O) groups is 1. The predicted molar refractivity (Wildman–Crippen MR) is 90.5 cm³/mol. The van der Waals surface area contributed by atoms with E-state index in [1.54, 1.807) is 13.2 Å². The zero-order chi connectivity index (χ0) is 16.6. The molecule has 1 N–H and O–H groups in total. The number of halogens is 1. The predicted octanol–water partition coefficient (Wildman–Crippen LogP) is 3.01. The van der Waals surface area contributed by atoms with Gasteiger partial charge >= 0.3 is 0 Å². The van der Waals surface area contributed by atoms with E-state index in [0.29, 0.717) is 22.4 Å². The smallest absolute Gasteiger partial charge is 0.264 e. The molecule has 2 heterocycles. The molecular formula is C17H21FN2O2S. The highest BCUT2D eigenvalue weighted by atomic mass is 32.1. The van der Waals surface area contributed by atoms with Crippen LogP contribution in [0.3, 0.4) is 0 Å². The summed E-state index contributed by atoms with van der Waals surface area (Å²) in [5.41, 5.74) is 0.661. The number of ether oxygens (including phenoxy) is 1. The first-order valence-corrected chi connectivity index (χ1v) is 8.59. The zero-order valence-electron chi connectivity index (χ0n) is 13.6. The second-order valence-corrected chi connectivity index (χ2v) is 6.99. The van der Waals surface area contributed by atoms with Crippen LogP contribution in [0, 0.1) is 5.82 Å². The van der Waals surface area contributed by atoms with Gasteiger partial charge < -0.3 is 15.0 Å². The first-order valence-electron chi connectivity index (χ1n) is 7.77. The summed E-state index contributed by atoms with van der Waals surface area (Å²) in [5, 5.41) is 3.88. The summed E-state index contributed by atoms with van der Waals surface area (Å²) in [7, 11) is 1.56. The number of carbonyl (C=O) groups excluding carboxylic acids is 1. The Bertz CT molecular complexity index is 731. The van der Waals surface area contributed by atoms with Crippen LogP contribution in [0.15, 0.2) is 18.2 Å². The number of hydrogen-bond donors (Lipinski definition) is 1. The second-order valence-electron chi connectivity index (χ2n) is 5.94. The number of piperazine rings is 1. The lowest BCUT2D eigenvalue weighted by Gasteiger charge is -2.38. The summed E-state index contributed by atoms with van der Waals surface area (Å²) in [4.78, 5) is 15.5. The Morgan fingerprint density at radius 2 is 2.26 bits per heavy atom. The average molecular weight is 336 g/mol. The number of hydrogen-bond acceptors (Lipinski definition) is 4. The molecule has 1 fully saturated rings. The highest BCUT2D eigenvalue weighted by Crippen LogP contribution is 2.35. The summed E-state index contributed by atoms with van der Waals surface area (Å²) in [6.07, 6.45) is 0. The third-order valence-corrected chi connectivity index (χ3v) is 5.73. The highest BCUT2D eigenvalue weighted by Gasteiger charge is 2.31. The maximum atomic E-state index is 14.2. The maximum absolute atomic E-state index is 14.2. The van der Waals surface area contributed by atoms with Crippen LogP contribution < -0.4 is 5.32 Å². The van der Waals surface area contributed by atoms with Crippen molar-refractivity contribution in [2.24, 2.45) is 0 Å². The van der Waals surface area contributed by atoms with Gasteiger partial charge in [-0.15, -0.1) is 11.3 Å². The lowest BCUT2D eigenvalue weighted by Crippen LogP contribution is -2.57. The van der Waals surface area contributed by atoms with Crippen molar-refractivity contribution in [1.29, 1.82) is 0 Å². The Hall–Kier alpha value is -1.50. The van der Waals surface area contributed by atoms with Gasteiger partial charge in [0.25, 0.3) is 5.91 Å². The number of methoxy groups -OCH3 is 1. The summed E-state index contributed by atoms with van der Waals surface area (Å²) >= 11 is 1.35. The number of rotatable bonds is 3. The molecule has 0 bridgehead atoms. The molecule has 0 radical (unpaired) electrons. The van der Waals surface area contributed by atoms with Crippen LogP contribution >= 0.6 is 11.3 Å². The molecule has 2 aromatic rings. The average Bonchev–Trinajstić information content (AvgIpc) is 2.90. The van der Waals surface area contributed by atoms with E-state index in [1.165, 1.54) is 17.4 Å². The molecule has 1 aromatic carbocycles. The Morgan fingerprint density at radius 3 is 3.00 bits per heavy atom. The van der Waals surface area contributed by atoms with Gasteiger partial charge in [-0.1, -0.05) is 6.07 Å². The van der Waals surface area contributed by atoms with E-state index in [-0.39, 0.29) is 30.4 Å². The molecule has 0 spiro atoms. The lowest BCUT2D eigenvalue weighted by atomic mass is 10.1. The molecule has 1 saturated heterocycles. The number of thiophene rings is 1. The quantitative estimate of drug-likeness (QED) is 0.937. The topological polar surface area (TPSA) is 41.6 Å². The Kier molecular flexibility index (Phi) is 4.66. The highest BCUT2D eigenvalue weighted by molar-refractivity contribution is 7.21. The standard InChI is InChI=1S/C17H21FN2O2S/c1-10-11(2)20(8-7-19-10)17(21)16-12(9-22-3)15-13(18)5-4-6-14(15)23-16/h4-6,10-11,19H,7-9H2,1-3H3. The number of fused-ring (bicyclic) bond motifs is 1. The minimum Gasteiger partial charge on any atom is -0.380 e. The normalized spacial score (nSPS) is 21.8. The molecule has 6 heteroatoms. The van der Waals surface area contributed by atoms with E-state index in [4.69, 9.17) is 4.74 Å². The van der Waals surface area contributed by atoms with Crippen molar-refractivity contribution in [2.45, 2.75) is 32.5 Å². The number of nitrogens with one attached hydrogen (secondary N) is 1. The van der Waals surface area contributed by atoms with Crippen LogP contribution in [-0.4, -0.2) is 43.1 Å². The number of nitrogens with zero attached hydrogens (tertiary/aromatic N) is 1. The fraction of sp³-hybridized carbons (Fsp3) is 0.471. The van der Waals surface area contributed by atoms with Crippen molar-refractivity contribution in [1.82, 2.24) is 10.2 Å². The van der Waals surface area contributed by atoms with Gasteiger partial charge in [-0.2, -0.15) is 0 Å². The molecule has 1 amide bonds. The van der Waals surface area contributed by atoms with E-state index < -0.39 is 0 Å². The Morgan fingerprint density at radius 1 is 1.48 bits per heavy atom. The van der Waals surface area contributed by atoms with Gasteiger partial charge in [0.05, 0.1) is 11.5 Å². The van der Waals surface area contributed by atoms with Crippen molar-refractivity contribution < 1.29 is 13.9 Å². The summed E-state index contributed by atoms with van der Waals surface area (Å²) in [5.74, 6) is -0.329. The van der Waals surface area contributed by atoms with E-state index in [2.05, 4.69) is 12.2 Å². The third kappa shape index (κ3) is 2.86. The van der Waals surface area contributed by atoms with Gasteiger partial charge in [0.1, 0.15) is 5.82 Å². The van der Waals surface area contributed by atoms with Gasteiger partial charge in [-0.3, -0.25) is 4.79 Å². The molecular weight excluding hydrogens is 315 g/mol. The Labute approximate surface area is 139 Å². The minimum absolute atomic E-state index is 0.0292. The molecule has 1 aliphatic rings. The van der Waals surface area contributed by atoms with Crippen LogP contribution in [0.2, 0.25) is 0 Å². The zero-order valence-corrected chi connectivity index (χ0v) is 14.4. The van der Waals surface area contributed by atoms with Crippen LogP contribution in [0.1, 0.15) is 29.1 Å².